The molecule has 0 spiro atoms. The maximum atomic E-state index is 12.8. The second-order valence-corrected chi connectivity index (χ2v) is 9.03. The van der Waals surface area contributed by atoms with Gasteiger partial charge < -0.3 is 15.7 Å². The summed E-state index contributed by atoms with van der Waals surface area (Å²) in [6, 6.07) is 13.6. The highest BCUT2D eigenvalue weighted by atomic mass is 16.3. The number of rotatable bonds is 5. The van der Waals surface area contributed by atoms with E-state index in [1.165, 1.54) is 16.9 Å². The quantitative estimate of drug-likeness (QED) is 0.364. The third kappa shape index (κ3) is 4.57. The van der Waals surface area contributed by atoms with Gasteiger partial charge in [0.1, 0.15) is 11.4 Å². The average Bonchev–Trinajstić information content (AvgIpc) is 3.23. The molecule has 9 heteroatoms. The van der Waals surface area contributed by atoms with Crippen molar-refractivity contribution < 1.29 is 14.7 Å². The third-order valence-electron chi connectivity index (χ3n) is 6.08. The molecular weight excluding hydrogens is 444 g/mol. The molecule has 1 aliphatic rings. The molecule has 5 rings (SSSR count). The Morgan fingerprint density at radius 2 is 1.86 bits per heavy atom. The molecule has 1 saturated carbocycles. The van der Waals surface area contributed by atoms with E-state index in [1.807, 2.05) is 38.1 Å². The fraction of sp³-hybridized carbons (Fsp3) is 0.269. The molecule has 0 unspecified atom stereocenters. The maximum Gasteiger partial charge on any atom is 0.342 e. The molecule has 2 amide bonds. The lowest BCUT2D eigenvalue weighted by atomic mass is 9.82. The molecule has 1 aliphatic carbocycles. The Labute approximate surface area is 202 Å². The number of aromatic hydroxyl groups is 1. The average molecular weight is 471 g/mol. The number of amides is 2. The zero-order chi connectivity index (χ0) is 24.5. The van der Waals surface area contributed by atoms with Crippen LogP contribution in [0.1, 0.15) is 55.2 Å². The molecule has 2 aromatic heterocycles. The summed E-state index contributed by atoms with van der Waals surface area (Å²) >= 11 is 0. The number of carbonyl (C=O) groups excluding carboxylic acids is 2. The fourth-order valence-corrected chi connectivity index (χ4v) is 4.07. The zero-order valence-corrected chi connectivity index (χ0v) is 19.5. The Hall–Kier alpha value is -4.27. The van der Waals surface area contributed by atoms with Gasteiger partial charge in [0, 0.05) is 23.2 Å². The number of fused-ring (bicyclic) bond motifs is 1. The SMILES string of the molecule is CC(C)NC(=O)n1nc(-c2cc(NC(=O)c3cnc4ccccc4n3)ccc2O)cc1C1CCC1. The minimum atomic E-state index is -0.420. The lowest BCUT2D eigenvalue weighted by Gasteiger charge is -2.25. The predicted molar refractivity (Wildman–Crippen MR) is 132 cm³/mol. The highest BCUT2D eigenvalue weighted by Crippen LogP contribution is 2.39. The molecule has 0 atom stereocenters. The second kappa shape index (κ2) is 9.17. The van der Waals surface area contributed by atoms with Crippen LogP contribution in [0.5, 0.6) is 5.75 Å². The molecule has 2 aromatic carbocycles. The van der Waals surface area contributed by atoms with Crippen molar-refractivity contribution in [3.8, 4) is 17.0 Å². The van der Waals surface area contributed by atoms with Crippen molar-refractivity contribution in [2.75, 3.05) is 5.32 Å². The van der Waals surface area contributed by atoms with Crippen LogP contribution in [0.25, 0.3) is 22.3 Å². The van der Waals surface area contributed by atoms with Gasteiger partial charge in [-0.2, -0.15) is 9.78 Å². The van der Waals surface area contributed by atoms with Crippen molar-refractivity contribution in [2.45, 2.75) is 45.1 Å². The van der Waals surface area contributed by atoms with E-state index in [-0.39, 0.29) is 29.4 Å². The normalized spacial score (nSPS) is 13.6. The van der Waals surface area contributed by atoms with Crippen LogP contribution in [0.3, 0.4) is 0 Å². The molecule has 178 valence electrons. The molecule has 35 heavy (non-hydrogen) atoms. The second-order valence-electron chi connectivity index (χ2n) is 9.03. The smallest absolute Gasteiger partial charge is 0.342 e. The van der Waals surface area contributed by atoms with E-state index in [0.29, 0.717) is 28.0 Å². The van der Waals surface area contributed by atoms with Gasteiger partial charge in [0.2, 0.25) is 0 Å². The van der Waals surface area contributed by atoms with E-state index in [2.05, 4.69) is 25.7 Å². The van der Waals surface area contributed by atoms with E-state index >= 15 is 0 Å². The first kappa shape index (κ1) is 22.5. The van der Waals surface area contributed by atoms with Crippen LogP contribution in [0.2, 0.25) is 0 Å². The Bertz CT molecular complexity index is 1420. The fourth-order valence-electron chi connectivity index (χ4n) is 4.07. The van der Waals surface area contributed by atoms with Gasteiger partial charge in [0.15, 0.2) is 0 Å². The Kier molecular flexibility index (Phi) is 5.90. The molecule has 1 fully saturated rings. The van der Waals surface area contributed by atoms with Crippen LogP contribution < -0.4 is 10.6 Å². The molecular formula is C26H26N6O3. The number of carbonyl (C=O) groups is 2. The Balaban J connectivity index is 1.44. The van der Waals surface area contributed by atoms with Gasteiger partial charge in [0.05, 0.1) is 28.6 Å². The van der Waals surface area contributed by atoms with E-state index < -0.39 is 5.91 Å². The number of nitrogens with one attached hydrogen (secondary N) is 2. The number of phenolic OH excluding ortho intramolecular Hbond substituents is 1. The van der Waals surface area contributed by atoms with Crippen molar-refractivity contribution in [3.63, 3.8) is 0 Å². The summed E-state index contributed by atoms with van der Waals surface area (Å²) in [5.74, 6) is -0.162. The number of hydrogen-bond donors (Lipinski definition) is 3. The van der Waals surface area contributed by atoms with Gasteiger partial charge in [-0.25, -0.2) is 9.78 Å². The Morgan fingerprint density at radius 3 is 2.57 bits per heavy atom. The maximum absolute atomic E-state index is 12.8. The largest absolute Gasteiger partial charge is 0.507 e. The summed E-state index contributed by atoms with van der Waals surface area (Å²) in [7, 11) is 0. The predicted octanol–water partition coefficient (Wildman–Crippen LogP) is 4.68. The van der Waals surface area contributed by atoms with Crippen LogP contribution >= 0.6 is 0 Å². The van der Waals surface area contributed by atoms with Crippen LogP contribution in [-0.4, -0.2) is 42.8 Å². The first-order valence-corrected chi connectivity index (χ1v) is 11.7. The van der Waals surface area contributed by atoms with Crippen molar-refractivity contribution in [3.05, 3.63) is 66.1 Å². The van der Waals surface area contributed by atoms with Crippen LogP contribution in [-0.2, 0) is 0 Å². The summed E-state index contributed by atoms with van der Waals surface area (Å²) in [5.41, 5.74) is 3.68. The van der Waals surface area contributed by atoms with Gasteiger partial charge in [-0.15, -0.1) is 0 Å². The minimum Gasteiger partial charge on any atom is -0.507 e. The molecule has 0 saturated heterocycles. The lowest BCUT2D eigenvalue weighted by molar-refractivity contribution is 0.102. The molecule has 0 radical (unpaired) electrons. The van der Waals surface area contributed by atoms with Gasteiger partial charge in [-0.3, -0.25) is 9.78 Å². The number of phenols is 1. The number of aromatic nitrogens is 4. The van der Waals surface area contributed by atoms with E-state index in [1.54, 1.807) is 18.2 Å². The van der Waals surface area contributed by atoms with Gasteiger partial charge in [-0.05, 0) is 63.1 Å². The number of benzene rings is 2. The summed E-state index contributed by atoms with van der Waals surface area (Å²) in [6.07, 6.45) is 4.53. The zero-order valence-electron chi connectivity index (χ0n) is 19.5. The monoisotopic (exact) mass is 470 g/mol. The lowest BCUT2D eigenvalue weighted by Crippen LogP contribution is -2.36. The van der Waals surface area contributed by atoms with E-state index in [0.717, 1.165) is 25.0 Å². The first-order valence-electron chi connectivity index (χ1n) is 11.7. The summed E-state index contributed by atoms with van der Waals surface area (Å²) in [5, 5.41) is 20.8. The van der Waals surface area contributed by atoms with Crippen LogP contribution in [0.15, 0.2) is 54.7 Å². The molecule has 4 aromatic rings. The van der Waals surface area contributed by atoms with Crippen molar-refractivity contribution in [1.82, 2.24) is 25.1 Å². The van der Waals surface area contributed by atoms with E-state index in [4.69, 9.17) is 0 Å². The highest BCUT2D eigenvalue weighted by molar-refractivity contribution is 6.04. The van der Waals surface area contributed by atoms with E-state index in [9.17, 15) is 14.7 Å². The van der Waals surface area contributed by atoms with Crippen LogP contribution in [0, 0.1) is 0 Å². The molecule has 9 nitrogen and oxygen atoms in total. The number of para-hydroxylation sites is 2. The van der Waals surface area contributed by atoms with Crippen molar-refractivity contribution in [1.29, 1.82) is 0 Å². The first-order chi connectivity index (χ1) is 16.9. The van der Waals surface area contributed by atoms with Gasteiger partial charge in [-0.1, -0.05) is 18.6 Å². The summed E-state index contributed by atoms with van der Waals surface area (Å²) in [4.78, 5) is 34.3. The summed E-state index contributed by atoms with van der Waals surface area (Å²) < 4.78 is 1.40. The topological polar surface area (TPSA) is 122 Å². The number of nitrogens with zero attached hydrogens (tertiary/aromatic N) is 4. The van der Waals surface area contributed by atoms with Crippen molar-refractivity contribution in [2.24, 2.45) is 0 Å². The number of anilines is 1. The molecule has 0 bridgehead atoms. The van der Waals surface area contributed by atoms with Gasteiger partial charge in [0.25, 0.3) is 5.91 Å². The van der Waals surface area contributed by atoms with Crippen LogP contribution in [0.4, 0.5) is 10.5 Å². The highest BCUT2D eigenvalue weighted by Gasteiger charge is 2.28. The van der Waals surface area contributed by atoms with Gasteiger partial charge >= 0.3 is 6.03 Å². The Morgan fingerprint density at radius 1 is 1.09 bits per heavy atom. The third-order valence-corrected chi connectivity index (χ3v) is 6.08. The number of hydrogen-bond acceptors (Lipinski definition) is 6. The molecule has 3 N–H and O–H groups in total. The van der Waals surface area contributed by atoms with Crippen molar-refractivity contribution >= 4 is 28.7 Å². The summed E-state index contributed by atoms with van der Waals surface area (Å²) in [6.45, 7) is 3.78. The standard InChI is InChI=1S/C26H26N6O3/c1-15(2)28-26(35)32-23(16-6-5-7-16)13-21(31-32)18-12-17(10-11-24(18)33)29-25(34)22-14-27-19-8-3-4-9-20(19)30-22/h3-4,8-16,33H,5-7H2,1-2H3,(H,28,35)(H,29,34). The molecule has 0 aliphatic heterocycles. The molecule has 2 heterocycles. The minimum absolute atomic E-state index is 0.00238.